The van der Waals surface area contributed by atoms with Crippen molar-refractivity contribution < 1.29 is 4.79 Å². The SMILES string of the molecule is CCN(C(=O)C(C)C1CC1)C1CCCC1CN. The first-order chi connectivity index (χ1) is 8.19. The van der Waals surface area contributed by atoms with Crippen LogP contribution in [0.1, 0.15) is 46.0 Å². The maximum atomic E-state index is 12.5. The summed E-state index contributed by atoms with van der Waals surface area (Å²) >= 11 is 0. The van der Waals surface area contributed by atoms with Gasteiger partial charge in [0, 0.05) is 18.5 Å². The standard InChI is InChI=1S/C14H26N2O/c1-3-16(13-6-4-5-12(13)9-15)14(17)10(2)11-7-8-11/h10-13H,3-9,15H2,1-2H3. The normalized spacial score (nSPS) is 30.3. The summed E-state index contributed by atoms with van der Waals surface area (Å²) in [7, 11) is 0. The van der Waals surface area contributed by atoms with Gasteiger partial charge < -0.3 is 10.6 Å². The van der Waals surface area contributed by atoms with Gasteiger partial charge in [0.2, 0.25) is 5.91 Å². The van der Waals surface area contributed by atoms with Crippen molar-refractivity contribution in [2.45, 2.75) is 52.0 Å². The van der Waals surface area contributed by atoms with Crippen molar-refractivity contribution in [3.63, 3.8) is 0 Å². The molecular weight excluding hydrogens is 212 g/mol. The molecule has 1 amide bonds. The molecule has 0 heterocycles. The van der Waals surface area contributed by atoms with Gasteiger partial charge in [-0.25, -0.2) is 0 Å². The van der Waals surface area contributed by atoms with Gasteiger partial charge in [-0.15, -0.1) is 0 Å². The van der Waals surface area contributed by atoms with Crippen LogP contribution in [0.25, 0.3) is 0 Å². The number of rotatable bonds is 5. The average Bonchev–Trinajstić information content (AvgIpc) is 3.09. The zero-order valence-electron chi connectivity index (χ0n) is 11.2. The minimum atomic E-state index is 0.231. The quantitative estimate of drug-likeness (QED) is 0.796. The van der Waals surface area contributed by atoms with Crippen LogP contribution in [0.2, 0.25) is 0 Å². The highest BCUT2D eigenvalue weighted by atomic mass is 16.2. The van der Waals surface area contributed by atoms with Crippen LogP contribution in [-0.2, 0) is 4.79 Å². The van der Waals surface area contributed by atoms with Gasteiger partial charge in [-0.3, -0.25) is 4.79 Å². The van der Waals surface area contributed by atoms with Crippen molar-refractivity contribution >= 4 is 5.91 Å². The lowest BCUT2D eigenvalue weighted by atomic mass is 9.98. The molecule has 2 N–H and O–H groups in total. The first kappa shape index (κ1) is 12.9. The summed E-state index contributed by atoms with van der Waals surface area (Å²) in [6, 6.07) is 0.415. The molecule has 2 fully saturated rings. The molecule has 3 nitrogen and oxygen atoms in total. The summed E-state index contributed by atoms with van der Waals surface area (Å²) in [4.78, 5) is 14.6. The number of hydrogen-bond donors (Lipinski definition) is 1. The summed E-state index contributed by atoms with van der Waals surface area (Å²) in [5.41, 5.74) is 5.83. The smallest absolute Gasteiger partial charge is 0.225 e. The lowest BCUT2D eigenvalue weighted by molar-refractivity contribution is -0.138. The van der Waals surface area contributed by atoms with Crippen LogP contribution >= 0.6 is 0 Å². The number of carbonyl (C=O) groups excluding carboxylic acids is 1. The first-order valence-electron chi connectivity index (χ1n) is 7.19. The Morgan fingerprint density at radius 1 is 1.35 bits per heavy atom. The zero-order valence-corrected chi connectivity index (χ0v) is 11.2. The van der Waals surface area contributed by atoms with E-state index in [9.17, 15) is 4.79 Å². The molecule has 0 aromatic heterocycles. The number of nitrogens with zero attached hydrogens (tertiary/aromatic N) is 1. The molecule has 17 heavy (non-hydrogen) atoms. The Labute approximate surface area is 105 Å². The van der Waals surface area contributed by atoms with Crippen molar-refractivity contribution in [3.8, 4) is 0 Å². The van der Waals surface area contributed by atoms with Crippen molar-refractivity contribution in [2.24, 2.45) is 23.5 Å². The molecule has 98 valence electrons. The number of nitrogens with two attached hydrogens (primary N) is 1. The van der Waals surface area contributed by atoms with E-state index < -0.39 is 0 Å². The lowest BCUT2D eigenvalue weighted by Gasteiger charge is -2.34. The van der Waals surface area contributed by atoms with Crippen LogP contribution in [0.3, 0.4) is 0 Å². The van der Waals surface area contributed by atoms with Crippen molar-refractivity contribution in [1.82, 2.24) is 4.90 Å². The van der Waals surface area contributed by atoms with Gasteiger partial charge in [-0.05, 0) is 51.0 Å². The van der Waals surface area contributed by atoms with Crippen LogP contribution < -0.4 is 5.73 Å². The fraction of sp³-hybridized carbons (Fsp3) is 0.929. The molecular formula is C14H26N2O. The summed E-state index contributed by atoms with van der Waals surface area (Å²) in [6.45, 7) is 5.78. The third kappa shape index (κ3) is 2.65. The zero-order chi connectivity index (χ0) is 12.4. The topological polar surface area (TPSA) is 46.3 Å². The molecule has 3 unspecified atom stereocenters. The van der Waals surface area contributed by atoms with Gasteiger partial charge in [0.1, 0.15) is 0 Å². The van der Waals surface area contributed by atoms with E-state index in [2.05, 4.69) is 18.7 Å². The third-order valence-corrected chi connectivity index (χ3v) is 4.66. The predicted molar refractivity (Wildman–Crippen MR) is 69.5 cm³/mol. The van der Waals surface area contributed by atoms with E-state index in [1.54, 1.807) is 0 Å². The van der Waals surface area contributed by atoms with E-state index in [1.165, 1.54) is 25.7 Å². The van der Waals surface area contributed by atoms with Crippen molar-refractivity contribution in [3.05, 3.63) is 0 Å². The maximum absolute atomic E-state index is 12.5. The number of amides is 1. The Morgan fingerprint density at radius 3 is 2.59 bits per heavy atom. The molecule has 0 aromatic rings. The summed E-state index contributed by atoms with van der Waals surface area (Å²) < 4.78 is 0. The molecule has 0 spiro atoms. The Kier molecular flexibility index (Phi) is 4.08. The van der Waals surface area contributed by atoms with Crippen LogP contribution in [0.15, 0.2) is 0 Å². The Bertz CT molecular complexity index is 275. The van der Waals surface area contributed by atoms with E-state index in [0.717, 1.165) is 19.5 Å². The predicted octanol–water partition coefficient (Wildman–Crippen LogP) is 2.01. The summed E-state index contributed by atoms with van der Waals surface area (Å²) in [5, 5.41) is 0. The van der Waals surface area contributed by atoms with Gasteiger partial charge in [0.15, 0.2) is 0 Å². The van der Waals surface area contributed by atoms with E-state index in [1.807, 2.05) is 0 Å². The second-order valence-electron chi connectivity index (χ2n) is 5.74. The van der Waals surface area contributed by atoms with E-state index in [-0.39, 0.29) is 5.92 Å². The molecule has 2 saturated carbocycles. The van der Waals surface area contributed by atoms with Gasteiger partial charge in [-0.1, -0.05) is 13.3 Å². The summed E-state index contributed by atoms with van der Waals surface area (Å²) in [6.07, 6.45) is 6.07. The van der Waals surface area contributed by atoms with Crippen LogP contribution in [0.4, 0.5) is 0 Å². The third-order valence-electron chi connectivity index (χ3n) is 4.66. The Morgan fingerprint density at radius 2 is 2.06 bits per heavy atom. The van der Waals surface area contributed by atoms with Gasteiger partial charge in [-0.2, -0.15) is 0 Å². The highest BCUT2D eigenvalue weighted by Gasteiger charge is 2.39. The minimum Gasteiger partial charge on any atom is -0.339 e. The molecule has 0 radical (unpaired) electrons. The van der Waals surface area contributed by atoms with E-state index in [4.69, 9.17) is 5.73 Å². The van der Waals surface area contributed by atoms with Crippen LogP contribution in [-0.4, -0.2) is 29.9 Å². The van der Waals surface area contributed by atoms with Crippen molar-refractivity contribution in [1.29, 1.82) is 0 Å². The molecule has 0 saturated heterocycles. The Hall–Kier alpha value is -0.570. The molecule has 2 aliphatic rings. The maximum Gasteiger partial charge on any atom is 0.225 e. The van der Waals surface area contributed by atoms with Crippen LogP contribution in [0, 0.1) is 17.8 Å². The molecule has 0 aliphatic heterocycles. The van der Waals surface area contributed by atoms with Crippen molar-refractivity contribution in [2.75, 3.05) is 13.1 Å². The second kappa shape index (κ2) is 5.38. The first-order valence-corrected chi connectivity index (χ1v) is 7.19. The fourth-order valence-electron chi connectivity index (χ4n) is 3.32. The molecule has 0 bridgehead atoms. The number of hydrogen-bond acceptors (Lipinski definition) is 2. The molecule has 2 aliphatic carbocycles. The molecule has 0 aromatic carbocycles. The fourth-order valence-corrected chi connectivity index (χ4v) is 3.32. The molecule has 3 heteroatoms. The van der Waals surface area contributed by atoms with E-state index in [0.29, 0.717) is 23.8 Å². The number of carbonyl (C=O) groups is 1. The van der Waals surface area contributed by atoms with Gasteiger partial charge >= 0.3 is 0 Å². The lowest BCUT2D eigenvalue weighted by Crippen LogP contribution is -2.46. The second-order valence-corrected chi connectivity index (χ2v) is 5.74. The van der Waals surface area contributed by atoms with Gasteiger partial charge in [0.25, 0.3) is 0 Å². The minimum absolute atomic E-state index is 0.231. The highest BCUT2D eigenvalue weighted by Crippen LogP contribution is 2.39. The van der Waals surface area contributed by atoms with Crippen LogP contribution in [0.5, 0.6) is 0 Å². The summed E-state index contributed by atoms with van der Waals surface area (Å²) in [5.74, 6) is 1.80. The van der Waals surface area contributed by atoms with Gasteiger partial charge in [0.05, 0.1) is 0 Å². The monoisotopic (exact) mass is 238 g/mol. The molecule has 2 rings (SSSR count). The Balaban J connectivity index is 2.01. The van der Waals surface area contributed by atoms with E-state index >= 15 is 0 Å². The molecule has 3 atom stereocenters. The largest absolute Gasteiger partial charge is 0.339 e. The average molecular weight is 238 g/mol. The highest BCUT2D eigenvalue weighted by molar-refractivity contribution is 5.79.